The number of rotatable bonds is 7. The van der Waals surface area contributed by atoms with E-state index in [2.05, 4.69) is 12.2 Å². The van der Waals surface area contributed by atoms with Crippen LogP contribution in [0.5, 0.6) is 5.75 Å². The predicted octanol–water partition coefficient (Wildman–Crippen LogP) is 4.01. The summed E-state index contributed by atoms with van der Waals surface area (Å²) in [6, 6.07) is 13.2. The number of carbonyl (C=O) groups is 2. The molecule has 6 nitrogen and oxygen atoms in total. The molecule has 0 heterocycles. The number of urea groups is 1. The largest absolute Gasteiger partial charge is 0.508 e. The van der Waals surface area contributed by atoms with Crippen molar-refractivity contribution in [2.45, 2.75) is 26.3 Å². The molecular weight excluding hydrogens is 332 g/mol. The number of ether oxygens (including phenoxy) is 1. The molecule has 2 N–H and O–H groups in total. The van der Waals surface area contributed by atoms with Crippen molar-refractivity contribution in [2.24, 2.45) is 0 Å². The lowest BCUT2D eigenvalue weighted by molar-refractivity contribution is 0.0600. The van der Waals surface area contributed by atoms with Gasteiger partial charge in [0.05, 0.1) is 12.7 Å². The Morgan fingerprint density at radius 1 is 1.08 bits per heavy atom. The summed E-state index contributed by atoms with van der Waals surface area (Å²) in [6.07, 6.45) is 1.87. The fourth-order valence-electron chi connectivity index (χ4n) is 2.43. The van der Waals surface area contributed by atoms with E-state index in [1.165, 1.54) is 19.2 Å². The Morgan fingerprint density at radius 2 is 1.73 bits per heavy atom. The number of anilines is 1. The highest BCUT2D eigenvalue weighted by Crippen LogP contribution is 2.16. The zero-order chi connectivity index (χ0) is 18.9. The molecule has 0 aromatic heterocycles. The third kappa shape index (κ3) is 5.51. The summed E-state index contributed by atoms with van der Waals surface area (Å²) < 4.78 is 4.69. The number of hydrogen-bond donors (Lipinski definition) is 2. The van der Waals surface area contributed by atoms with Crippen molar-refractivity contribution in [3.8, 4) is 5.75 Å². The standard InChI is InChI=1S/C20H24N2O4/c1-3-4-13-22(20(25)21-17-9-11-18(23)12-10-17)14-15-5-7-16(8-6-15)19(24)26-2/h5-12,23H,3-4,13-14H2,1-2H3,(H,21,25). The first-order chi connectivity index (χ1) is 12.5. The zero-order valence-electron chi connectivity index (χ0n) is 15.1. The Labute approximate surface area is 153 Å². The van der Waals surface area contributed by atoms with E-state index >= 15 is 0 Å². The SMILES string of the molecule is CCCCN(Cc1ccc(C(=O)OC)cc1)C(=O)Nc1ccc(O)cc1. The van der Waals surface area contributed by atoms with Crippen LogP contribution in [0, 0.1) is 0 Å². The first kappa shape index (κ1) is 19.3. The summed E-state index contributed by atoms with van der Waals surface area (Å²) in [6.45, 7) is 3.13. The Balaban J connectivity index is 2.06. The minimum Gasteiger partial charge on any atom is -0.508 e. The van der Waals surface area contributed by atoms with E-state index in [4.69, 9.17) is 4.74 Å². The molecule has 138 valence electrons. The molecule has 2 rings (SSSR count). The number of amides is 2. The van der Waals surface area contributed by atoms with Crippen molar-refractivity contribution in [1.29, 1.82) is 0 Å². The summed E-state index contributed by atoms with van der Waals surface area (Å²) in [5.41, 5.74) is 2.02. The Kier molecular flexibility index (Phi) is 7.02. The molecule has 26 heavy (non-hydrogen) atoms. The second-order valence-corrected chi connectivity index (χ2v) is 5.94. The highest BCUT2D eigenvalue weighted by molar-refractivity contribution is 5.90. The van der Waals surface area contributed by atoms with Gasteiger partial charge in [-0.05, 0) is 48.4 Å². The molecule has 0 radical (unpaired) electrons. The van der Waals surface area contributed by atoms with Gasteiger partial charge in [0.15, 0.2) is 0 Å². The van der Waals surface area contributed by atoms with E-state index in [-0.39, 0.29) is 17.7 Å². The average molecular weight is 356 g/mol. The number of methoxy groups -OCH3 is 1. The molecule has 2 amide bonds. The summed E-state index contributed by atoms with van der Waals surface area (Å²) in [4.78, 5) is 25.8. The van der Waals surface area contributed by atoms with Gasteiger partial charge < -0.3 is 20.1 Å². The quantitative estimate of drug-likeness (QED) is 0.580. The van der Waals surface area contributed by atoms with Crippen molar-refractivity contribution in [3.63, 3.8) is 0 Å². The van der Waals surface area contributed by atoms with E-state index in [0.717, 1.165) is 18.4 Å². The number of phenols is 1. The lowest BCUT2D eigenvalue weighted by atomic mass is 10.1. The van der Waals surface area contributed by atoms with Gasteiger partial charge in [0.25, 0.3) is 0 Å². The fourth-order valence-corrected chi connectivity index (χ4v) is 2.43. The first-order valence-electron chi connectivity index (χ1n) is 8.55. The Hall–Kier alpha value is -3.02. The molecule has 6 heteroatoms. The van der Waals surface area contributed by atoms with Gasteiger partial charge in [-0.1, -0.05) is 25.5 Å². The molecule has 0 bridgehead atoms. The van der Waals surface area contributed by atoms with Crippen LogP contribution in [0.2, 0.25) is 0 Å². The van der Waals surface area contributed by atoms with E-state index in [9.17, 15) is 14.7 Å². The molecule has 2 aromatic carbocycles. The molecule has 0 aliphatic heterocycles. The molecule has 0 fully saturated rings. The van der Waals surface area contributed by atoms with Crippen molar-refractivity contribution in [2.75, 3.05) is 19.0 Å². The van der Waals surface area contributed by atoms with E-state index < -0.39 is 0 Å². The van der Waals surface area contributed by atoms with Gasteiger partial charge in [0.2, 0.25) is 0 Å². The topological polar surface area (TPSA) is 78.9 Å². The van der Waals surface area contributed by atoms with E-state index in [1.807, 2.05) is 12.1 Å². The summed E-state index contributed by atoms with van der Waals surface area (Å²) in [5, 5.41) is 12.2. The number of aromatic hydroxyl groups is 1. The van der Waals surface area contributed by atoms with Gasteiger partial charge in [-0.2, -0.15) is 0 Å². The minimum atomic E-state index is -0.385. The Bertz CT molecular complexity index is 726. The van der Waals surface area contributed by atoms with Gasteiger partial charge in [0.1, 0.15) is 5.75 Å². The van der Waals surface area contributed by atoms with Crippen LogP contribution in [0.3, 0.4) is 0 Å². The maximum absolute atomic E-state index is 12.6. The smallest absolute Gasteiger partial charge is 0.337 e. The maximum atomic E-state index is 12.6. The van der Waals surface area contributed by atoms with Crippen LogP contribution in [-0.2, 0) is 11.3 Å². The van der Waals surface area contributed by atoms with Crippen molar-refractivity contribution >= 4 is 17.7 Å². The number of esters is 1. The highest BCUT2D eigenvalue weighted by Gasteiger charge is 2.14. The van der Waals surface area contributed by atoms with E-state index in [0.29, 0.717) is 24.3 Å². The van der Waals surface area contributed by atoms with Crippen LogP contribution in [0.4, 0.5) is 10.5 Å². The molecule has 0 aliphatic rings. The maximum Gasteiger partial charge on any atom is 0.337 e. The predicted molar refractivity (Wildman–Crippen MR) is 100 cm³/mol. The molecule has 0 atom stereocenters. The molecule has 0 unspecified atom stereocenters. The Morgan fingerprint density at radius 3 is 2.31 bits per heavy atom. The van der Waals surface area contributed by atoms with Gasteiger partial charge >= 0.3 is 12.0 Å². The summed E-state index contributed by atoms with van der Waals surface area (Å²) in [5.74, 6) is -0.235. The van der Waals surface area contributed by atoms with Gasteiger partial charge in [-0.25, -0.2) is 9.59 Å². The summed E-state index contributed by atoms with van der Waals surface area (Å²) >= 11 is 0. The lowest BCUT2D eigenvalue weighted by Gasteiger charge is -2.23. The minimum absolute atomic E-state index is 0.150. The van der Waals surface area contributed by atoms with Crippen LogP contribution in [0.25, 0.3) is 0 Å². The molecule has 0 aliphatic carbocycles. The highest BCUT2D eigenvalue weighted by atomic mass is 16.5. The van der Waals surface area contributed by atoms with Crippen LogP contribution in [0.1, 0.15) is 35.7 Å². The zero-order valence-corrected chi connectivity index (χ0v) is 15.1. The summed E-state index contributed by atoms with van der Waals surface area (Å²) in [7, 11) is 1.34. The number of hydrogen-bond acceptors (Lipinski definition) is 4. The third-order valence-corrected chi connectivity index (χ3v) is 3.94. The number of unbranched alkanes of at least 4 members (excludes halogenated alkanes) is 1. The third-order valence-electron chi connectivity index (χ3n) is 3.94. The van der Waals surface area contributed by atoms with Crippen molar-refractivity contribution in [1.82, 2.24) is 4.90 Å². The van der Waals surface area contributed by atoms with Gasteiger partial charge in [-0.15, -0.1) is 0 Å². The molecule has 0 saturated carbocycles. The molecule has 2 aromatic rings. The van der Waals surface area contributed by atoms with Crippen LogP contribution in [-0.4, -0.2) is 35.7 Å². The number of nitrogens with one attached hydrogen (secondary N) is 1. The molecular formula is C20H24N2O4. The first-order valence-corrected chi connectivity index (χ1v) is 8.55. The number of nitrogens with zero attached hydrogens (tertiary/aromatic N) is 1. The monoisotopic (exact) mass is 356 g/mol. The van der Waals surface area contributed by atoms with Crippen LogP contribution in [0.15, 0.2) is 48.5 Å². The number of benzene rings is 2. The second kappa shape index (κ2) is 9.46. The molecule has 0 spiro atoms. The van der Waals surface area contributed by atoms with E-state index in [1.54, 1.807) is 29.2 Å². The fraction of sp³-hybridized carbons (Fsp3) is 0.300. The lowest BCUT2D eigenvalue weighted by Crippen LogP contribution is -2.35. The second-order valence-electron chi connectivity index (χ2n) is 5.94. The number of carbonyl (C=O) groups excluding carboxylic acids is 2. The van der Waals surface area contributed by atoms with Crippen molar-refractivity contribution < 1.29 is 19.4 Å². The normalized spacial score (nSPS) is 10.2. The van der Waals surface area contributed by atoms with Crippen LogP contribution < -0.4 is 5.32 Å². The molecule has 0 saturated heterocycles. The average Bonchev–Trinajstić information content (AvgIpc) is 2.66. The number of phenolic OH excluding ortho intramolecular Hbond substituents is 1. The van der Waals surface area contributed by atoms with Gasteiger partial charge in [-0.3, -0.25) is 0 Å². The van der Waals surface area contributed by atoms with Crippen LogP contribution >= 0.6 is 0 Å². The van der Waals surface area contributed by atoms with Gasteiger partial charge in [0, 0.05) is 18.8 Å². The van der Waals surface area contributed by atoms with Crippen molar-refractivity contribution in [3.05, 3.63) is 59.7 Å².